The molecular formula is C22H29FN2O3. The van der Waals surface area contributed by atoms with Crippen LogP contribution in [0.5, 0.6) is 0 Å². The minimum Gasteiger partial charge on any atom is -0.393 e. The standard InChI is InChI=1S/C22H29FN2O3/c1-15-4-5-16(14-19(15)23)20(27)25-13-3-11-22(25)10-2-12-24(21(22)28)17-6-8-18(26)9-7-17/h4-5,14,17-18,26H,2-3,6-13H2,1H3. The number of benzene rings is 1. The molecule has 4 rings (SSSR count). The van der Waals surface area contributed by atoms with Gasteiger partial charge >= 0.3 is 0 Å². The average Bonchev–Trinajstić information content (AvgIpc) is 3.11. The number of aliphatic hydroxyl groups excluding tert-OH is 1. The SMILES string of the molecule is Cc1ccc(C(=O)N2CCCC23CCCN(C2CCC(O)CC2)C3=O)cc1F. The van der Waals surface area contributed by atoms with Crippen LogP contribution in [0, 0.1) is 12.7 Å². The molecule has 1 spiro atoms. The summed E-state index contributed by atoms with van der Waals surface area (Å²) in [5.41, 5.74) is 0.0365. The van der Waals surface area contributed by atoms with E-state index >= 15 is 0 Å². The molecule has 6 heteroatoms. The zero-order valence-electron chi connectivity index (χ0n) is 16.5. The molecule has 1 aliphatic carbocycles. The van der Waals surface area contributed by atoms with Gasteiger partial charge in [0.15, 0.2) is 0 Å². The molecule has 1 aromatic carbocycles. The van der Waals surface area contributed by atoms with Crippen molar-refractivity contribution in [3.8, 4) is 0 Å². The third-order valence-electron chi connectivity index (χ3n) is 6.91. The van der Waals surface area contributed by atoms with Gasteiger partial charge in [0, 0.05) is 24.7 Å². The van der Waals surface area contributed by atoms with Crippen LogP contribution in [0.2, 0.25) is 0 Å². The fraction of sp³-hybridized carbons (Fsp3) is 0.636. The van der Waals surface area contributed by atoms with E-state index in [-0.39, 0.29) is 24.0 Å². The van der Waals surface area contributed by atoms with E-state index in [2.05, 4.69) is 0 Å². The van der Waals surface area contributed by atoms with Crippen LogP contribution in [0.4, 0.5) is 4.39 Å². The lowest BCUT2D eigenvalue weighted by molar-refractivity contribution is -0.149. The summed E-state index contributed by atoms with van der Waals surface area (Å²) in [5.74, 6) is -0.583. The highest BCUT2D eigenvalue weighted by Crippen LogP contribution is 2.41. The van der Waals surface area contributed by atoms with Gasteiger partial charge in [-0.1, -0.05) is 6.07 Å². The molecule has 1 aromatic rings. The summed E-state index contributed by atoms with van der Waals surface area (Å²) in [6, 6.07) is 4.72. The second-order valence-corrected chi connectivity index (χ2v) is 8.62. The van der Waals surface area contributed by atoms with Crippen LogP contribution < -0.4 is 0 Å². The smallest absolute Gasteiger partial charge is 0.254 e. The Bertz CT molecular complexity index is 775. The van der Waals surface area contributed by atoms with Crippen molar-refractivity contribution in [1.29, 1.82) is 0 Å². The highest BCUT2D eigenvalue weighted by molar-refractivity contribution is 6.00. The van der Waals surface area contributed by atoms with Crippen molar-refractivity contribution in [2.45, 2.75) is 76.0 Å². The van der Waals surface area contributed by atoms with Gasteiger partial charge in [-0.25, -0.2) is 4.39 Å². The summed E-state index contributed by atoms with van der Waals surface area (Å²) >= 11 is 0. The second-order valence-electron chi connectivity index (χ2n) is 8.62. The maximum Gasteiger partial charge on any atom is 0.254 e. The molecular weight excluding hydrogens is 359 g/mol. The second kappa shape index (κ2) is 7.47. The maximum atomic E-state index is 14.0. The van der Waals surface area contributed by atoms with Crippen molar-refractivity contribution in [2.24, 2.45) is 0 Å². The van der Waals surface area contributed by atoms with E-state index in [4.69, 9.17) is 0 Å². The molecule has 2 saturated heterocycles. The van der Waals surface area contributed by atoms with Crippen molar-refractivity contribution in [3.63, 3.8) is 0 Å². The lowest BCUT2D eigenvalue weighted by Gasteiger charge is -2.48. The largest absolute Gasteiger partial charge is 0.393 e. The molecule has 0 radical (unpaired) electrons. The number of nitrogens with zero attached hydrogens (tertiary/aromatic N) is 2. The molecule has 2 amide bonds. The summed E-state index contributed by atoms with van der Waals surface area (Å²) in [7, 11) is 0. The van der Waals surface area contributed by atoms with E-state index in [0.717, 1.165) is 45.1 Å². The first kappa shape index (κ1) is 19.4. The summed E-state index contributed by atoms with van der Waals surface area (Å²) in [6.45, 7) is 2.93. The van der Waals surface area contributed by atoms with E-state index in [1.165, 1.54) is 6.07 Å². The third kappa shape index (κ3) is 3.21. The number of carbonyl (C=O) groups is 2. The molecule has 1 N–H and O–H groups in total. The summed E-state index contributed by atoms with van der Waals surface area (Å²) in [5, 5.41) is 9.79. The Morgan fingerprint density at radius 3 is 2.50 bits per heavy atom. The molecule has 2 heterocycles. The Balaban J connectivity index is 1.58. The minimum atomic E-state index is -0.785. The van der Waals surface area contributed by atoms with E-state index in [0.29, 0.717) is 30.5 Å². The lowest BCUT2D eigenvalue weighted by Crippen LogP contribution is -2.63. The highest BCUT2D eigenvalue weighted by Gasteiger charge is 2.53. The van der Waals surface area contributed by atoms with Gasteiger partial charge in [0.1, 0.15) is 11.4 Å². The molecule has 0 aromatic heterocycles. The van der Waals surface area contributed by atoms with Crippen LogP contribution in [0.15, 0.2) is 18.2 Å². The predicted molar refractivity (Wildman–Crippen MR) is 103 cm³/mol. The van der Waals surface area contributed by atoms with Gasteiger partial charge in [-0.3, -0.25) is 9.59 Å². The first-order chi connectivity index (χ1) is 13.4. The number of amides is 2. The minimum absolute atomic E-state index is 0.0542. The van der Waals surface area contributed by atoms with Gasteiger partial charge in [0.2, 0.25) is 5.91 Å². The molecule has 3 aliphatic rings. The Hall–Kier alpha value is -1.95. The van der Waals surface area contributed by atoms with Crippen LogP contribution in [-0.4, -0.2) is 57.5 Å². The Kier molecular flexibility index (Phi) is 5.17. The number of hydrogen-bond acceptors (Lipinski definition) is 3. The molecule has 5 nitrogen and oxygen atoms in total. The fourth-order valence-corrected chi connectivity index (χ4v) is 5.27. The van der Waals surface area contributed by atoms with Crippen molar-refractivity contribution in [1.82, 2.24) is 9.80 Å². The summed E-state index contributed by atoms with van der Waals surface area (Å²) in [6.07, 6.45) is 5.86. The zero-order chi connectivity index (χ0) is 19.9. The Labute approximate surface area is 165 Å². The molecule has 3 fully saturated rings. The van der Waals surface area contributed by atoms with Crippen LogP contribution in [0.3, 0.4) is 0 Å². The van der Waals surface area contributed by atoms with Gasteiger partial charge < -0.3 is 14.9 Å². The van der Waals surface area contributed by atoms with Gasteiger partial charge in [-0.05, 0) is 76.0 Å². The van der Waals surface area contributed by atoms with E-state index in [1.54, 1.807) is 24.0 Å². The Morgan fingerprint density at radius 1 is 1.14 bits per heavy atom. The summed E-state index contributed by atoms with van der Waals surface area (Å²) < 4.78 is 14.0. The summed E-state index contributed by atoms with van der Waals surface area (Å²) in [4.78, 5) is 30.5. The van der Waals surface area contributed by atoms with Gasteiger partial charge in [0.25, 0.3) is 5.91 Å². The van der Waals surface area contributed by atoms with Crippen LogP contribution >= 0.6 is 0 Å². The molecule has 2 aliphatic heterocycles. The molecule has 1 unspecified atom stereocenters. The van der Waals surface area contributed by atoms with Crippen LogP contribution in [-0.2, 0) is 4.79 Å². The number of aliphatic hydroxyl groups is 1. The number of halogens is 1. The topological polar surface area (TPSA) is 60.9 Å². The van der Waals surface area contributed by atoms with Gasteiger partial charge in [0.05, 0.1) is 6.10 Å². The Morgan fingerprint density at radius 2 is 1.82 bits per heavy atom. The monoisotopic (exact) mass is 388 g/mol. The number of carbonyl (C=O) groups excluding carboxylic acids is 2. The van der Waals surface area contributed by atoms with Crippen LogP contribution in [0.1, 0.15) is 67.3 Å². The maximum absolute atomic E-state index is 14.0. The molecule has 152 valence electrons. The van der Waals surface area contributed by atoms with Gasteiger partial charge in [-0.2, -0.15) is 0 Å². The normalized spacial score (nSPS) is 30.9. The highest BCUT2D eigenvalue weighted by atomic mass is 19.1. The van der Waals surface area contributed by atoms with E-state index < -0.39 is 11.4 Å². The zero-order valence-corrected chi connectivity index (χ0v) is 16.5. The van der Waals surface area contributed by atoms with Crippen molar-refractivity contribution >= 4 is 11.8 Å². The lowest BCUT2D eigenvalue weighted by atomic mass is 9.82. The number of piperidine rings is 1. The average molecular weight is 388 g/mol. The third-order valence-corrected chi connectivity index (χ3v) is 6.91. The van der Waals surface area contributed by atoms with Crippen LogP contribution in [0.25, 0.3) is 0 Å². The first-order valence-electron chi connectivity index (χ1n) is 10.5. The van der Waals surface area contributed by atoms with Crippen molar-refractivity contribution in [3.05, 3.63) is 35.1 Å². The quantitative estimate of drug-likeness (QED) is 0.847. The van der Waals surface area contributed by atoms with E-state index in [9.17, 15) is 19.1 Å². The number of aryl methyl sites for hydroxylation is 1. The van der Waals surface area contributed by atoms with Crippen molar-refractivity contribution < 1.29 is 19.1 Å². The number of rotatable bonds is 2. The molecule has 0 bridgehead atoms. The molecule has 1 saturated carbocycles. The first-order valence-corrected chi connectivity index (χ1v) is 10.5. The van der Waals surface area contributed by atoms with E-state index in [1.807, 2.05) is 4.90 Å². The van der Waals surface area contributed by atoms with Gasteiger partial charge in [-0.15, -0.1) is 0 Å². The van der Waals surface area contributed by atoms with Crippen molar-refractivity contribution in [2.75, 3.05) is 13.1 Å². The fourth-order valence-electron chi connectivity index (χ4n) is 5.27. The number of likely N-dealkylation sites (tertiary alicyclic amines) is 2. The predicted octanol–water partition coefficient (Wildman–Crippen LogP) is 3.03. The molecule has 28 heavy (non-hydrogen) atoms. The molecule has 1 atom stereocenters. The number of hydrogen-bond donors (Lipinski definition) is 1.